The van der Waals surface area contributed by atoms with E-state index in [1.165, 1.54) is 24.4 Å². The molecule has 0 spiro atoms. The minimum Gasteiger partial charge on any atom is -0.396 e. The zero-order valence-electron chi connectivity index (χ0n) is 14.4. The van der Waals surface area contributed by atoms with Gasteiger partial charge in [0, 0.05) is 17.3 Å². The Labute approximate surface area is 157 Å². The van der Waals surface area contributed by atoms with Crippen LogP contribution >= 0.6 is 0 Å². The largest absolute Gasteiger partial charge is 0.396 e. The first kappa shape index (κ1) is 23.2. The maximum Gasteiger partial charge on any atom is 0.280 e. The Balaban J connectivity index is 0.000000283. The average molecular weight is 402 g/mol. The maximum atomic E-state index is 12.1. The first-order valence-corrected chi connectivity index (χ1v) is 7.83. The van der Waals surface area contributed by atoms with Crippen LogP contribution in [-0.2, 0) is 0 Å². The number of hydrogen-bond acceptors (Lipinski definition) is 6. The van der Waals surface area contributed by atoms with E-state index in [4.69, 9.17) is 21.5 Å². The van der Waals surface area contributed by atoms with Crippen molar-refractivity contribution < 1.29 is 27.8 Å². The molecular formula is C16H18F4N6O2. The van der Waals surface area contributed by atoms with Gasteiger partial charge < -0.3 is 15.9 Å². The molecule has 0 aliphatic heterocycles. The number of hydrogen-bond donors (Lipinski definition) is 3. The van der Waals surface area contributed by atoms with Crippen LogP contribution in [0.5, 0.6) is 0 Å². The average Bonchev–Trinajstić information content (AvgIpc) is 2.72. The Morgan fingerprint density at radius 3 is 1.75 bits per heavy atom. The molecule has 0 fully saturated rings. The molecule has 0 amide bonds. The van der Waals surface area contributed by atoms with E-state index >= 15 is 0 Å². The summed E-state index contributed by atoms with van der Waals surface area (Å²) >= 11 is 0. The zero-order chi connectivity index (χ0) is 21.1. The van der Waals surface area contributed by atoms with E-state index in [0.29, 0.717) is 11.1 Å². The molecule has 12 heteroatoms. The summed E-state index contributed by atoms with van der Waals surface area (Å²) < 4.78 is 48.3. The molecule has 2 heterocycles. The van der Waals surface area contributed by atoms with Gasteiger partial charge in [-0.25, -0.2) is 17.6 Å². The van der Waals surface area contributed by atoms with Crippen LogP contribution < -0.4 is 5.73 Å². The number of aromatic nitrogens is 2. The minimum absolute atomic E-state index is 0.226. The van der Waals surface area contributed by atoms with Crippen molar-refractivity contribution in [1.29, 1.82) is 0 Å². The van der Waals surface area contributed by atoms with Crippen LogP contribution in [-0.4, -0.2) is 33.4 Å². The third-order valence-electron chi connectivity index (χ3n) is 3.44. The molecule has 2 rings (SSSR count). The van der Waals surface area contributed by atoms with E-state index in [1.807, 2.05) is 0 Å². The Bertz CT molecular complexity index is 755. The van der Waals surface area contributed by atoms with Gasteiger partial charge in [-0.2, -0.15) is 0 Å². The molecule has 2 atom stereocenters. The van der Waals surface area contributed by atoms with Gasteiger partial charge in [0.15, 0.2) is 0 Å². The third-order valence-corrected chi connectivity index (χ3v) is 3.44. The van der Waals surface area contributed by atoms with Gasteiger partial charge in [-0.05, 0) is 28.8 Å². The van der Waals surface area contributed by atoms with Crippen LogP contribution in [0.2, 0.25) is 0 Å². The molecule has 0 aromatic carbocycles. The van der Waals surface area contributed by atoms with E-state index in [-0.39, 0.29) is 24.6 Å². The standard InChI is InChI=1S/C8H8F2N4O.C8H10F2N2O/c9-8(10)6-2-1-5(3-12-6)7(4-15)13-14-11;9-8(10)7-2-1-5(3-12-7)6(11)4-13/h1-3,7-8,15H,4H2;1-3,6,8,13H,4,11H2/t7-;6-/m11/s1. The summed E-state index contributed by atoms with van der Waals surface area (Å²) in [7, 11) is 0. The second-order valence-corrected chi connectivity index (χ2v) is 5.33. The van der Waals surface area contributed by atoms with Gasteiger partial charge in [0.2, 0.25) is 0 Å². The lowest BCUT2D eigenvalue weighted by molar-refractivity contribution is 0.145. The van der Waals surface area contributed by atoms with Crippen LogP contribution in [0.15, 0.2) is 41.8 Å². The molecule has 4 N–H and O–H groups in total. The molecule has 2 aromatic heterocycles. The summed E-state index contributed by atoms with van der Waals surface area (Å²) in [6.45, 7) is -0.616. The molecule has 0 saturated carbocycles. The fraction of sp³-hybridized carbons (Fsp3) is 0.375. The fourth-order valence-electron chi connectivity index (χ4n) is 1.88. The van der Waals surface area contributed by atoms with Crippen molar-refractivity contribution >= 4 is 0 Å². The first-order valence-electron chi connectivity index (χ1n) is 7.83. The molecule has 152 valence electrons. The topological polar surface area (TPSA) is 141 Å². The lowest BCUT2D eigenvalue weighted by Crippen LogP contribution is -2.14. The zero-order valence-corrected chi connectivity index (χ0v) is 14.4. The van der Waals surface area contributed by atoms with Crippen LogP contribution in [0.1, 0.15) is 47.4 Å². The van der Waals surface area contributed by atoms with Gasteiger partial charge in [-0.1, -0.05) is 17.2 Å². The molecule has 0 radical (unpaired) electrons. The van der Waals surface area contributed by atoms with Crippen molar-refractivity contribution in [3.63, 3.8) is 0 Å². The first-order chi connectivity index (χ1) is 13.3. The Hall–Kier alpha value is -2.79. The fourth-order valence-corrected chi connectivity index (χ4v) is 1.88. The van der Waals surface area contributed by atoms with Crippen LogP contribution in [0.25, 0.3) is 10.4 Å². The van der Waals surface area contributed by atoms with Gasteiger partial charge in [0.25, 0.3) is 12.9 Å². The van der Waals surface area contributed by atoms with Gasteiger partial charge in [0.05, 0.1) is 25.3 Å². The Kier molecular flexibility index (Phi) is 9.82. The highest BCUT2D eigenvalue weighted by atomic mass is 19.3. The van der Waals surface area contributed by atoms with Crippen molar-refractivity contribution in [1.82, 2.24) is 9.97 Å². The van der Waals surface area contributed by atoms with E-state index in [0.717, 1.165) is 12.3 Å². The number of azide groups is 1. The van der Waals surface area contributed by atoms with Crippen molar-refractivity contribution in [2.75, 3.05) is 13.2 Å². The number of rotatable bonds is 7. The van der Waals surface area contributed by atoms with Gasteiger partial charge in [-0.15, -0.1) is 0 Å². The molecular weight excluding hydrogens is 384 g/mol. The van der Waals surface area contributed by atoms with Crippen molar-refractivity contribution in [2.24, 2.45) is 10.8 Å². The van der Waals surface area contributed by atoms with E-state index in [9.17, 15) is 17.6 Å². The summed E-state index contributed by atoms with van der Waals surface area (Å²) in [4.78, 5) is 9.52. The normalized spacial score (nSPS) is 12.8. The van der Waals surface area contributed by atoms with Crippen molar-refractivity contribution in [2.45, 2.75) is 24.9 Å². The molecule has 0 bridgehead atoms. The molecule has 8 nitrogen and oxygen atoms in total. The van der Waals surface area contributed by atoms with Crippen molar-refractivity contribution in [3.05, 3.63) is 69.6 Å². The summed E-state index contributed by atoms with van der Waals surface area (Å²) in [5.74, 6) is 0. The minimum atomic E-state index is -2.63. The summed E-state index contributed by atoms with van der Waals surface area (Å²) in [5.41, 5.74) is 13.9. The Morgan fingerprint density at radius 1 is 0.929 bits per heavy atom. The van der Waals surface area contributed by atoms with E-state index in [1.54, 1.807) is 0 Å². The van der Waals surface area contributed by atoms with Gasteiger partial charge in [-0.3, -0.25) is 9.97 Å². The van der Waals surface area contributed by atoms with E-state index < -0.39 is 24.9 Å². The number of nitrogens with two attached hydrogens (primary N) is 1. The van der Waals surface area contributed by atoms with Gasteiger partial charge in [0.1, 0.15) is 11.4 Å². The third kappa shape index (κ3) is 7.08. The van der Waals surface area contributed by atoms with E-state index in [2.05, 4.69) is 20.0 Å². The van der Waals surface area contributed by atoms with Gasteiger partial charge >= 0.3 is 0 Å². The molecule has 0 unspecified atom stereocenters. The predicted octanol–water partition coefficient (Wildman–Crippen LogP) is 3.37. The number of halogens is 4. The highest BCUT2D eigenvalue weighted by Crippen LogP contribution is 2.20. The molecule has 0 aliphatic rings. The predicted molar refractivity (Wildman–Crippen MR) is 91.4 cm³/mol. The Morgan fingerprint density at radius 2 is 1.43 bits per heavy atom. The summed E-state index contributed by atoms with van der Waals surface area (Å²) in [5, 5.41) is 20.8. The molecule has 2 aromatic rings. The number of alkyl halides is 4. The van der Waals surface area contributed by atoms with Crippen molar-refractivity contribution in [3.8, 4) is 0 Å². The number of pyridine rings is 2. The summed E-state index contributed by atoms with van der Waals surface area (Å²) in [6.07, 6.45) is -2.79. The van der Waals surface area contributed by atoms with Crippen LogP contribution in [0, 0.1) is 0 Å². The number of aliphatic hydroxyl groups excluding tert-OH is 2. The lowest BCUT2D eigenvalue weighted by atomic mass is 10.1. The highest BCUT2D eigenvalue weighted by molar-refractivity contribution is 5.19. The SMILES string of the molecule is N[C@H](CO)c1ccc(C(F)F)nc1.[N-]=[N+]=N[C@H](CO)c1ccc(C(F)F)nc1. The molecule has 0 saturated heterocycles. The highest BCUT2D eigenvalue weighted by Gasteiger charge is 2.12. The van der Waals surface area contributed by atoms with Crippen LogP contribution in [0.4, 0.5) is 17.6 Å². The summed E-state index contributed by atoms with van der Waals surface area (Å²) in [6, 6.07) is 3.79. The molecule has 28 heavy (non-hydrogen) atoms. The van der Waals surface area contributed by atoms with Crippen LogP contribution in [0.3, 0.4) is 0 Å². The molecule has 0 aliphatic carbocycles. The number of aliphatic hydroxyl groups is 2. The lowest BCUT2D eigenvalue weighted by Gasteiger charge is -2.07. The second-order valence-electron chi connectivity index (χ2n) is 5.33. The monoisotopic (exact) mass is 402 g/mol. The maximum absolute atomic E-state index is 12.1. The quantitative estimate of drug-likeness (QED) is 0.282. The number of nitrogens with zero attached hydrogens (tertiary/aromatic N) is 5. The second kappa shape index (κ2) is 11.8. The smallest absolute Gasteiger partial charge is 0.280 e.